The Balaban J connectivity index is 1.75. The van der Waals surface area contributed by atoms with Gasteiger partial charge in [-0.15, -0.1) is 0 Å². The fourth-order valence-corrected chi connectivity index (χ4v) is 3.05. The molecule has 2 atom stereocenters. The van der Waals surface area contributed by atoms with E-state index in [1.807, 2.05) is 6.92 Å². The summed E-state index contributed by atoms with van der Waals surface area (Å²) < 4.78 is 5.05. The van der Waals surface area contributed by atoms with E-state index in [2.05, 4.69) is 5.32 Å². The van der Waals surface area contributed by atoms with E-state index >= 15 is 0 Å². The zero-order valence-electron chi connectivity index (χ0n) is 13.2. The number of urea groups is 1. The molecule has 1 aliphatic rings. The highest BCUT2D eigenvalue weighted by molar-refractivity contribution is 5.92. The summed E-state index contributed by atoms with van der Waals surface area (Å²) in [5.41, 5.74) is 0.575. The van der Waals surface area contributed by atoms with Gasteiger partial charge in [0.25, 0.3) is 0 Å². The lowest BCUT2D eigenvalue weighted by molar-refractivity contribution is -0.143. The molecule has 0 saturated carbocycles. The Kier molecular flexibility index (Phi) is 4.24. The van der Waals surface area contributed by atoms with Crippen LogP contribution in [0.1, 0.15) is 13.3 Å². The minimum absolute atomic E-state index is 0.136. The number of fused-ring (bicyclic) bond motifs is 1. The average molecular weight is 330 g/mol. The van der Waals surface area contributed by atoms with E-state index in [4.69, 9.17) is 4.42 Å². The van der Waals surface area contributed by atoms with Gasteiger partial charge < -0.3 is 19.7 Å². The smallest absolute Gasteiger partial charge is 0.336 e. The van der Waals surface area contributed by atoms with Crippen molar-refractivity contribution < 1.29 is 19.1 Å². The predicted octanol–water partition coefficient (Wildman–Crippen LogP) is 2.37. The third-order valence-electron chi connectivity index (χ3n) is 4.17. The first-order chi connectivity index (χ1) is 11.4. The van der Waals surface area contributed by atoms with Crippen molar-refractivity contribution in [1.82, 2.24) is 4.90 Å². The molecule has 0 radical (unpaired) electrons. The van der Waals surface area contributed by atoms with Crippen molar-refractivity contribution in [2.75, 3.05) is 18.4 Å². The number of hydrogen-bond acceptors (Lipinski definition) is 4. The molecule has 2 aromatic rings. The molecule has 1 aromatic heterocycles. The number of carboxylic acids is 1. The number of carbonyl (C=O) groups excluding carboxylic acids is 1. The lowest BCUT2D eigenvalue weighted by Crippen LogP contribution is -2.47. The van der Waals surface area contributed by atoms with Crippen LogP contribution in [0.25, 0.3) is 11.0 Å². The van der Waals surface area contributed by atoms with Gasteiger partial charge in [-0.25, -0.2) is 9.59 Å². The fraction of sp³-hybridized carbons (Fsp3) is 0.353. The maximum atomic E-state index is 12.4. The molecule has 2 heterocycles. The van der Waals surface area contributed by atoms with Gasteiger partial charge in [0.1, 0.15) is 5.58 Å². The van der Waals surface area contributed by atoms with E-state index in [9.17, 15) is 19.5 Å². The summed E-state index contributed by atoms with van der Waals surface area (Å²) in [7, 11) is 0. The first-order valence-electron chi connectivity index (χ1n) is 7.75. The van der Waals surface area contributed by atoms with Crippen molar-refractivity contribution in [3.05, 3.63) is 40.8 Å². The van der Waals surface area contributed by atoms with Crippen molar-refractivity contribution in [3.63, 3.8) is 0 Å². The van der Waals surface area contributed by atoms with Crippen molar-refractivity contribution in [2.24, 2.45) is 11.8 Å². The van der Waals surface area contributed by atoms with Gasteiger partial charge in [0.15, 0.2) is 0 Å². The monoisotopic (exact) mass is 330 g/mol. The Morgan fingerprint density at radius 2 is 2.04 bits per heavy atom. The summed E-state index contributed by atoms with van der Waals surface area (Å²) in [4.78, 5) is 36.3. The molecule has 3 rings (SSSR count). The van der Waals surface area contributed by atoms with Gasteiger partial charge in [0.2, 0.25) is 0 Å². The number of hydrogen-bond donors (Lipinski definition) is 2. The minimum Gasteiger partial charge on any atom is -0.481 e. The van der Waals surface area contributed by atoms with E-state index in [0.29, 0.717) is 29.6 Å². The molecule has 0 spiro atoms. The number of rotatable bonds is 2. The van der Waals surface area contributed by atoms with Gasteiger partial charge in [-0.3, -0.25) is 4.79 Å². The van der Waals surface area contributed by atoms with Crippen molar-refractivity contribution in [1.29, 1.82) is 0 Å². The number of aliphatic carboxylic acids is 1. The van der Waals surface area contributed by atoms with Crippen LogP contribution in [0, 0.1) is 11.8 Å². The standard InChI is InChI=1S/C17H18N2O5/c1-10-6-12(16(21)22)9-19(8-10)17(23)18-13-3-4-14-11(7-13)2-5-15(20)24-14/h2-5,7,10,12H,6,8-9H2,1H3,(H,18,23)(H,21,22). The first-order valence-corrected chi connectivity index (χ1v) is 7.75. The molecule has 126 valence electrons. The molecule has 0 aliphatic carbocycles. The third-order valence-corrected chi connectivity index (χ3v) is 4.17. The molecule has 24 heavy (non-hydrogen) atoms. The van der Waals surface area contributed by atoms with Crippen LogP contribution in [0.2, 0.25) is 0 Å². The van der Waals surface area contributed by atoms with Crippen LogP contribution in [0.4, 0.5) is 10.5 Å². The molecule has 0 bridgehead atoms. The van der Waals surface area contributed by atoms with E-state index in [-0.39, 0.29) is 18.5 Å². The summed E-state index contributed by atoms with van der Waals surface area (Å²) in [6.45, 7) is 2.67. The SMILES string of the molecule is CC1CC(C(=O)O)CN(C(=O)Nc2ccc3oc(=O)ccc3c2)C1. The largest absolute Gasteiger partial charge is 0.481 e. The van der Waals surface area contributed by atoms with Crippen LogP contribution in [0.15, 0.2) is 39.5 Å². The predicted molar refractivity (Wildman–Crippen MR) is 88.0 cm³/mol. The zero-order valence-corrected chi connectivity index (χ0v) is 13.2. The minimum atomic E-state index is -0.875. The Hall–Kier alpha value is -2.83. The highest BCUT2D eigenvalue weighted by atomic mass is 16.4. The molecular formula is C17H18N2O5. The number of likely N-dealkylation sites (tertiary alicyclic amines) is 1. The van der Waals surface area contributed by atoms with E-state index in [0.717, 1.165) is 0 Å². The summed E-state index contributed by atoms with van der Waals surface area (Å²) in [6.07, 6.45) is 0.578. The van der Waals surface area contributed by atoms with Gasteiger partial charge in [-0.05, 0) is 36.6 Å². The number of nitrogens with one attached hydrogen (secondary N) is 1. The van der Waals surface area contributed by atoms with Crippen molar-refractivity contribution >= 4 is 28.7 Å². The van der Waals surface area contributed by atoms with Crippen LogP contribution < -0.4 is 10.9 Å². The quantitative estimate of drug-likeness (QED) is 0.824. The van der Waals surface area contributed by atoms with Gasteiger partial charge in [-0.1, -0.05) is 6.92 Å². The second kappa shape index (κ2) is 6.35. The molecular weight excluding hydrogens is 312 g/mol. The Labute approximate surface area is 137 Å². The van der Waals surface area contributed by atoms with Gasteiger partial charge in [0, 0.05) is 30.2 Å². The summed E-state index contributed by atoms with van der Waals surface area (Å²) in [6, 6.07) is 7.58. The van der Waals surface area contributed by atoms with Crippen LogP contribution in [-0.2, 0) is 4.79 Å². The molecule has 1 saturated heterocycles. The number of benzene rings is 1. The Morgan fingerprint density at radius 1 is 1.25 bits per heavy atom. The topological polar surface area (TPSA) is 99.8 Å². The fourth-order valence-electron chi connectivity index (χ4n) is 3.05. The van der Waals surface area contributed by atoms with Gasteiger partial charge in [0.05, 0.1) is 5.92 Å². The molecule has 2 unspecified atom stereocenters. The normalized spacial score (nSPS) is 20.8. The van der Waals surface area contributed by atoms with Crippen LogP contribution in [-0.4, -0.2) is 35.1 Å². The molecule has 7 heteroatoms. The van der Waals surface area contributed by atoms with Gasteiger partial charge >= 0.3 is 17.6 Å². The molecule has 1 fully saturated rings. The van der Waals surface area contributed by atoms with Gasteiger partial charge in [-0.2, -0.15) is 0 Å². The lowest BCUT2D eigenvalue weighted by atomic mass is 9.91. The average Bonchev–Trinajstić information content (AvgIpc) is 2.54. The molecule has 1 aliphatic heterocycles. The zero-order chi connectivity index (χ0) is 17.3. The third kappa shape index (κ3) is 3.40. The van der Waals surface area contributed by atoms with E-state index in [1.165, 1.54) is 11.0 Å². The van der Waals surface area contributed by atoms with Crippen LogP contribution >= 0.6 is 0 Å². The number of carbonyl (C=O) groups is 2. The van der Waals surface area contributed by atoms with E-state index < -0.39 is 17.5 Å². The molecule has 1 aromatic carbocycles. The lowest BCUT2D eigenvalue weighted by Gasteiger charge is -2.34. The number of carboxylic acid groups (broad SMARTS) is 1. The number of amides is 2. The molecule has 2 N–H and O–H groups in total. The maximum absolute atomic E-state index is 12.4. The Bertz CT molecular complexity index is 844. The van der Waals surface area contributed by atoms with Crippen LogP contribution in [0.5, 0.6) is 0 Å². The highest BCUT2D eigenvalue weighted by Gasteiger charge is 2.31. The van der Waals surface area contributed by atoms with E-state index in [1.54, 1.807) is 24.3 Å². The van der Waals surface area contributed by atoms with Crippen LogP contribution in [0.3, 0.4) is 0 Å². The number of anilines is 1. The summed E-state index contributed by atoms with van der Waals surface area (Å²) in [5.74, 6) is -1.28. The molecule has 7 nitrogen and oxygen atoms in total. The maximum Gasteiger partial charge on any atom is 0.336 e. The second-order valence-electron chi connectivity index (χ2n) is 6.22. The van der Waals surface area contributed by atoms with Crippen molar-refractivity contribution in [3.8, 4) is 0 Å². The second-order valence-corrected chi connectivity index (χ2v) is 6.22. The summed E-state index contributed by atoms with van der Waals surface area (Å²) >= 11 is 0. The first kappa shape index (κ1) is 16.0. The Morgan fingerprint density at radius 3 is 2.79 bits per heavy atom. The molecule has 2 amide bonds. The number of piperidine rings is 1. The highest BCUT2D eigenvalue weighted by Crippen LogP contribution is 2.23. The summed E-state index contributed by atoms with van der Waals surface area (Å²) in [5, 5.41) is 12.7. The number of nitrogens with zero attached hydrogens (tertiary/aromatic N) is 1. The van der Waals surface area contributed by atoms with Crippen molar-refractivity contribution in [2.45, 2.75) is 13.3 Å².